The molecule has 1 aliphatic heterocycles. The second kappa shape index (κ2) is 28.2. The van der Waals surface area contributed by atoms with Gasteiger partial charge in [-0.25, -0.2) is 9.59 Å². The number of ketones is 1. The number of ether oxygens (including phenoxy) is 1. The molecule has 12 nitrogen and oxygen atoms in total. The zero-order chi connectivity index (χ0) is 42.0. The summed E-state index contributed by atoms with van der Waals surface area (Å²) in [5.74, 6) is -3.03. The molecule has 1 aromatic carbocycles. The molecule has 4 N–H and O–H groups in total. The Bertz CT molecular complexity index is 1280. The maximum absolute atomic E-state index is 14.1. The summed E-state index contributed by atoms with van der Waals surface area (Å²) in [4.78, 5) is 79.8. The molecule has 312 valence electrons. The van der Waals surface area contributed by atoms with Crippen molar-refractivity contribution in [3.63, 3.8) is 0 Å². The number of urea groups is 1. The van der Waals surface area contributed by atoms with Gasteiger partial charge in [0.1, 0.15) is 24.7 Å². The van der Waals surface area contributed by atoms with Crippen LogP contribution in [-0.2, 0) is 35.3 Å². The minimum Gasteiger partial charge on any atom is -0.459 e. The van der Waals surface area contributed by atoms with Crippen molar-refractivity contribution >= 4 is 35.5 Å². The Kier molecular flexibility index (Phi) is 26.1. The third-order valence-corrected chi connectivity index (χ3v) is 9.26. The average Bonchev–Trinajstić information content (AvgIpc) is 3.62. The predicted octanol–water partition coefficient (Wildman–Crippen LogP) is 7.01. The highest BCUT2D eigenvalue weighted by molar-refractivity contribution is 6.38. The lowest BCUT2D eigenvalue weighted by molar-refractivity contribution is -0.146. The van der Waals surface area contributed by atoms with Gasteiger partial charge in [0.2, 0.25) is 17.6 Å². The molecule has 0 spiro atoms. The van der Waals surface area contributed by atoms with Gasteiger partial charge in [-0.15, -0.1) is 13.2 Å². The molecule has 5 atom stereocenters. The zero-order valence-corrected chi connectivity index (χ0v) is 35.4. The number of rotatable bonds is 15. The number of nitrogens with zero attached hydrogens (tertiary/aromatic N) is 1. The van der Waals surface area contributed by atoms with Crippen LogP contribution in [0.15, 0.2) is 43.5 Å². The molecular formula is C43H73N5O7. The zero-order valence-electron chi connectivity index (χ0n) is 35.4. The van der Waals surface area contributed by atoms with Gasteiger partial charge in [0.05, 0.1) is 6.04 Å². The molecule has 0 radical (unpaired) electrons. The Balaban J connectivity index is 0.00000257. The summed E-state index contributed by atoms with van der Waals surface area (Å²) < 4.78 is 5.31. The van der Waals surface area contributed by atoms with Crippen molar-refractivity contribution in [1.29, 1.82) is 0 Å². The highest BCUT2D eigenvalue weighted by atomic mass is 16.5. The average molecular weight is 772 g/mol. The topological polar surface area (TPSA) is 163 Å². The maximum Gasteiger partial charge on any atom is 0.328 e. The first kappa shape index (κ1) is 50.8. The van der Waals surface area contributed by atoms with Crippen LogP contribution < -0.4 is 21.3 Å². The molecule has 1 saturated heterocycles. The van der Waals surface area contributed by atoms with Crippen LogP contribution in [0, 0.1) is 11.3 Å². The molecule has 0 bridgehead atoms. The summed E-state index contributed by atoms with van der Waals surface area (Å²) in [7, 11) is 0. The van der Waals surface area contributed by atoms with E-state index in [1.807, 2.05) is 58.0 Å². The van der Waals surface area contributed by atoms with E-state index in [2.05, 4.69) is 34.4 Å². The Labute approximate surface area is 331 Å². The van der Waals surface area contributed by atoms with Crippen molar-refractivity contribution in [3.8, 4) is 0 Å². The highest BCUT2D eigenvalue weighted by Gasteiger charge is 2.45. The lowest BCUT2D eigenvalue weighted by Crippen LogP contribution is -2.60. The number of likely N-dealkylation sites (tertiary alicyclic amines) is 1. The molecule has 55 heavy (non-hydrogen) atoms. The standard InChI is InChI=1S/C33H51N5O7.C6H12.C2H6.C2H4/c1-8-14-23-18-25(28(40)36-24(15-9-2)26(39)29(41)34-10-3)38(19-23)30(42)27(33(5,6)7)37-32(44)35-21(4)31(43)45-20-22-16-12-11-13-17-22;1-2-4-6-5-3-1;2*1-2/h11-13,16-17,21,23-25,27H,8-10,14-15,18-20H2,1-7H3,(H,34,41)(H,36,40)(H2,35,37,44);1-6H2;1-2H3;1-2H2/t21?,23-,24?,25?,27?;;;/m1.../s1. The third-order valence-electron chi connectivity index (χ3n) is 9.26. The first-order valence-corrected chi connectivity index (χ1v) is 20.4. The number of Topliss-reactive ketones (excluding diaryl/α,β-unsaturated/α-hetero) is 1. The van der Waals surface area contributed by atoms with E-state index in [1.165, 1.54) is 50.3 Å². The number of carbonyl (C=O) groups is 6. The van der Waals surface area contributed by atoms with Crippen LogP contribution in [-0.4, -0.2) is 77.7 Å². The van der Waals surface area contributed by atoms with Gasteiger partial charge < -0.3 is 30.9 Å². The van der Waals surface area contributed by atoms with Gasteiger partial charge >= 0.3 is 12.0 Å². The number of hydrogen-bond acceptors (Lipinski definition) is 7. The van der Waals surface area contributed by atoms with E-state index in [4.69, 9.17) is 4.74 Å². The van der Waals surface area contributed by atoms with E-state index in [9.17, 15) is 28.8 Å². The summed E-state index contributed by atoms with van der Waals surface area (Å²) in [6, 6.07) is 4.51. The fraction of sp³-hybridized carbons (Fsp3) is 0.674. The number of likely N-dealkylation sites (N-methyl/N-ethyl adjacent to an activating group) is 1. The Hall–Kier alpha value is -4.22. The smallest absolute Gasteiger partial charge is 0.328 e. The first-order valence-electron chi connectivity index (χ1n) is 20.4. The van der Waals surface area contributed by atoms with Crippen LogP contribution in [0.3, 0.4) is 0 Å². The monoisotopic (exact) mass is 772 g/mol. The van der Waals surface area contributed by atoms with E-state index in [0.29, 0.717) is 19.4 Å². The maximum atomic E-state index is 14.1. The minimum absolute atomic E-state index is 0.0484. The molecule has 2 aliphatic rings. The molecule has 3 rings (SSSR count). The molecule has 0 aromatic heterocycles. The second-order valence-corrected chi connectivity index (χ2v) is 14.8. The molecule has 1 aromatic rings. The quantitative estimate of drug-likeness (QED) is 0.0847. The van der Waals surface area contributed by atoms with E-state index in [-0.39, 0.29) is 25.5 Å². The SMILES string of the molecule is C1CCCCC1.C=C.CC.CCCC(NC(=O)C1C[C@@H](CCC)CN1C(=O)C(NC(=O)NC(C)C(=O)OCc1ccccc1)C(C)(C)C)C(=O)C(=O)NCC. The summed E-state index contributed by atoms with van der Waals surface area (Å²) in [5, 5.41) is 10.5. The summed E-state index contributed by atoms with van der Waals surface area (Å²) >= 11 is 0. The largest absolute Gasteiger partial charge is 0.459 e. The molecule has 5 amide bonds. The molecule has 4 unspecified atom stereocenters. The van der Waals surface area contributed by atoms with Gasteiger partial charge in [-0.05, 0) is 50.0 Å². The molecule has 1 aliphatic carbocycles. The van der Waals surface area contributed by atoms with E-state index >= 15 is 0 Å². The molecule has 12 heteroatoms. The van der Waals surface area contributed by atoms with Crippen molar-refractivity contribution in [2.24, 2.45) is 11.3 Å². The molecule has 2 fully saturated rings. The first-order chi connectivity index (χ1) is 26.2. The van der Waals surface area contributed by atoms with Gasteiger partial charge in [-0.2, -0.15) is 0 Å². The second-order valence-electron chi connectivity index (χ2n) is 14.8. The fourth-order valence-corrected chi connectivity index (χ4v) is 6.42. The van der Waals surface area contributed by atoms with Crippen LogP contribution in [0.25, 0.3) is 0 Å². The Morgan fingerprint density at radius 1 is 0.855 bits per heavy atom. The van der Waals surface area contributed by atoms with Crippen LogP contribution in [0.5, 0.6) is 0 Å². The number of amides is 5. The number of hydrogen-bond donors (Lipinski definition) is 4. The number of esters is 1. The highest BCUT2D eigenvalue weighted by Crippen LogP contribution is 2.31. The lowest BCUT2D eigenvalue weighted by Gasteiger charge is -2.36. The number of benzene rings is 1. The van der Waals surface area contributed by atoms with Gasteiger partial charge in [0.15, 0.2) is 0 Å². The lowest BCUT2D eigenvalue weighted by atomic mass is 9.85. The van der Waals surface area contributed by atoms with Crippen LogP contribution in [0.1, 0.15) is 139 Å². The van der Waals surface area contributed by atoms with Crippen LogP contribution in [0.2, 0.25) is 0 Å². The molecule has 1 saturated carbocycles. The van der Waals surface area contributed by atoms with Crippen molar-refractivity contribution in [2.75, 3.05) is 13.1 Å². The molecular weight excluding hydrogens is 699 g/mol. The van der Waals surface area contributed by atoms with Gasteiger partial charge in [-0.3, -0.25) is 19.2 Å². The van der Waals surface area contributed by atoms with Crippen molar-refractivity contribution in [2.45, 2.75) is 164 Å². The van der Waals surface area contributed by atoms with Crippen molar-refractivity contribution < 1.29 is 33.5 Å². The summed E-state index contributed by atoms with van der Waals surface area (Å²) in [6.45, 7) is 23.1. The van der Waals surface area contributed by atoms with E-state index < -0.39 is 65.1 Å². The summed E-state index contributed by atoms with van der Waals surface area (Å²) in [5.41, 5.74) is 0.0509. The molecule has 1 heterocycles. The Morgan fingerprint density at radius 3 is 1.91 bits per heavy atom. The van der Waals surface area contributed by atoms with Gasteiger partial charge in [0, 0.05) is 13.1 Å². The van der Waals surface area contributed by atoms with Gasteiger partial charge in [-0.1, -0.05) is 130 Å². The number of carbonyl (C=O) groups excluding carboxylic acids is 6. The summed E-state index contributed by atoms with van der Waals surface area (Å²) in [6.07, 6.45) is 11.9. The van der Waals surface area contributed by atoms with Crippen molar-refractivity contribution in [1.82, 2.24) is 26.2 Å². The normalized spacial score (nSPS) is 17.7. The predicted molar refractivity (Wildman–Crippen MR) is 220 cm³/mol. The third kappa shape index (κ3) is 18.8. The van der Waals surface area contributed by atoms with Crippen LogP contribution in [0.4, 0.5) is 4.79 Å². The minimum atomic E-state index is -1.04. The van der Waals surface area contributed by atoms with E-state index in [0.717, 1.165) is 18.4 Å². The Morgan fingerprint density at radius 2 is 1.42 bits per heavy atom. The van der Waals surface area contributed by atoms with E-state index in [1.54, 1.807) is 27.7 Å². The van der Waals surface area contributed by atoms with Crippen molar-refractivity contribution in [3.05, 3.63) is 49.1 Å². The van der Waals surface area contributed by atoms with Crippen LogP contribution >= 0.6 is 0 Å². The number of nitrogens with one attached hydrogen (secondary N) is 4. The fourth-order valence-electron chi connectivity index (χ4n) is 6.42. The van der Waals surface area contributed by atoms with Gasteiger partial charge in [0.25, 0.3) is 5.91 Å².